The van der Waals surface area contributed by atoms with E-state index in [4.69, 9.17) is 0 Å². The quantitative estimate of drug-likeness (QED) is 0.571. The molecule has 0 saturated carbocycles. The largest absolute Gasteiger partial charge is 1.00 e. The van der Waals surface area contributed by atoms with E-state index in [0.717, 1.165) is 6.42 Å². The topological polar surface area (TPSA) is 0 Å². The molecule has 0 aromatic heterocycles. The number of fused-ring (bicyclic) bond motifs is 1. The van der Waals surface area contributed by atoms with Crippen molar-refractivity contribution in [1.82, 2.24) is 0 Å². The Morgan fingerprint density at radius 2 is 1.67 bits per heavy atom. The third kappa shape index (κ3) is 3.01. The first-order valence-electron chi connectivity index (χ1n) is 6.71. The number of hydrogen-bond donors (Lipinski definition) is 0. The maximum atomic E-state index is 2.27. The molecule has 0 radical (unpaired) electrons. The molecule has 0 amide bonds. The molecule has 0 bridgehead atoms. The fraction of sp³-hybridized carbons (Fsp3) is 0.222. The molecule has 0 N–H and O–H groups in total. The van der Waals surface area contributed by atoms with E-state index in [9.17, 15) is 0 Å². The van der Waals surface area contributed by atoms with Crippen molar-refractivity contribution >= 4 is 9.45 Å². The Balaban J connectivity index is 0.00000110. The van der Waals surface area contributed by atoms with Crippen LogP contribution < -0.4 is 24.8 Å². The third-order valence-electron chi connectivity index (χ3n) is 3.93. The summed E-state index contributed by atoms with van der Waals surface area (Å²) in [4.78, 5) is 0. The van der Waals surface area contributed by atoms with Crippen LogP contribution in [0.1, 0.15) is 38.3 Å². The molecule has 1 aromatic rings. The number of hydrogen-bond acceptors (Lipinski definition) is 0. The molecule has 3 heteroatoms. The van der Waals surface area contributed by atoms with Crippen molar-refractivity contribution in [2.24, 2.45) is 0 Å². The Morgan fingerprint density at radius 3 is 2.19 bits per heavy atom. The average Bonchev–Trinajstić information content (AvgIpc) is 2.92. The molecule has 0 saturated heterocycles. The SMILES string of the molecule is CC(C)=C1C(C2=C(C)C=CC2)=[C]([Ti+2])c2ccccc21.[Cl-].[Cl-]. The van der Waals surface area contributed by atoms with Crippen LogP contribution >= 0.6 is 0 Å². The number of allylic oxidation sites excluding steroid dienone is 7. The van der Waals surface area contributed by atoms with Gasteiger partial charge in [-0.15, -0.1) is 0 Å². The minimum atomic E-state index is 0. The van der Waals surface area contributed by atoms with Gasteiger partial charge in [-0.1, -0.05) is 0 Å². The molecule has 0 atom stereocenters. The molecular formula is C18H17Cl2Ti. The van der Waals surface area contributed by atoms with Crippen LogP contribution in [0, 0.1) is 0 Å². The van der Waals surface area contributed by atoms with E-state index >= 15 is 0 Å². The van der Waals surface area contributed by atoms with Crippen LogP contribution in [-0.4, -0.2) is 0 Å². The van der Waals surface area contributed by atoms with E-state index in [1.54, 1.807) is 0 Å². The molecule has 0 spiro atoms. The second kappa shape index (κ2) is 7.16. The summed E-state index contributed by atoms with van der Waals surface area (Å²) in [5, 5.41) is 0. The number of halogens is 2. The van der Waals surface area contributed by atoms with Crippen molar-refractivity contribution in [2.75, 3.05) is 0 Å². The standard InChI is InChI=1S/C18H17.2ClH.Ti/c1-12(2)18-16-9-5-4-8-14(16)11-17(18)15-10-6-7-13(15)3;;;/h4-9H,10H2,1-3H3;2*1H;/q;;;+2/p-2. The van der Waals surface area contributed by atoms with E-state index in [2.05, 4.69) is 77.6 Å². The molecule has 21 heavy (non-hydrogen) atoms. The van der Waals surface area contributed by atoms with E-state index in [0.29, 0.717) is 0 Å². The van der Waals surface area contributed by atoms with Crippen LogP contribution in [0.3, 0.4) is 0 Å². The second-order valence-electron chi connectivity index (χ2n) is 5.44. The molecule has 0 aliphatic heterocycles. The summed E-state index contributed by atoms with van der Waals surface area (Å²) < 4.78 is 1.44. The molecule has 107 valence electrons. The fourth-order valence-corrected chi connectivity index (χ4v) is 3.82. The summed E-state index contributed by atoms with van der Waals surface area (Å²) in [5.74, 6) is 0. The van der Waals surface area contributed by atoms with Gasteiger partial charge in [0.25, 0.3) is 0 Å². The van der Waals surface area contributed by atoms with Gasteiger partial charge >= 0.3 is 127 Å². The molecule has 1 aromatic carbocycles. The molecule has 0 fully saturated rings. The molecule has 0 unspecified atom stereocenters. The zero-order chi connectivity index (χ0) is 13.6. The van der Waals surface area contributed by atoms with Gasteiger partial charge in [0, 0.05) is 0 Å². The Labute approximate surface area is 151 Å². The van der Waals surface area contributed by atoms with Gasteiger partial charge in [-0.3, -0.25) is 0 Å². The Hall–Kier alpha value is -0.526. The van der Waals surface area contributed by atoms with Gasteiger partial charge in [-0.25, -0.2) is 0 Å². The van der Waals surface area contributed by atoms with Crippen LogP contribution in [-0.2, 0) is 20.4 Å². The third-order valence-corrected chi connectivity index (χ3v) is 4.74. The molecule has 2 aliphatic carbocycles. The molecule has 0 nitrogen and oxygen atoms in total. The van der Waals surface area contributed by atoms with Gasteiger partial charge in [0.1, 0.15) is 0 Å². The monoisotopic (exact) mass is 351 g/mol. The first-order valence-corrected chi connectivity index (χ1v) is 7.49. The molecule has 0 heterocycles. The van der Waals surface area contributed by atoms with Crippen LogP contribution in [0.4, 0.5) is 0 Å². The smallest absolute Gasteiger partial charge is 1.00 e. The van der Waals surface area contributed by atoms with Crippen LogP contribution in [0.5, 0.6) is 0 Å². The van der Waals surface area contributed by atoms with Crippen molar-refractivity contribution in [2.45, 2.75) is 27.2 Å². The summed E-state index contributed by atoms with van der Waals surface area (Å²) in [7, 11) is 0. The van der Waals surface area contributed by atoms with Gasteiger partial charge in [-0.2, -0.15) is 0 Å². The minimum Gasteiger partial charge on any atom is -1.00 e. The van der Waals surface area contributed by atoms with Gasteiger partial charge in [0.05, 0.1) is 0 Å². The zero-order valence-electron chi connectivity index (χ0n) is 12.4. The van der Waals surface area contributed by atoms with Crippen molar-refractivity contribution in [3.63, 3.8) is 0 Å². The van der Waals surface area contributed by atoms with E-state index in [1.807, 2.05) is 0 Å². The molecule has 2 aliphatic rings. The van der Waals surface area contributed by atoms with Gasteiger partial charge in [0.15, 0.2) is 0 Å². The van der Waals surface area contributed by atoms with Gasteiger partial charge < -0.3 is 24.8 Å². The van der Waals surface area contributed by atoms with E-state index < -0.39 is 0 Å². The summed E-state index contributed by atoms with van der Waals surface area (Å²) in [6.07, 6.45) is 5.60. The number of rotatable bonds is 1. The van der Waals surface area contributed by atoms with Crippen LogP contribution in [0.2, 0.25) is 0 Å². The molecule has 3 rings (SSSR count). The van der Waals surface area contributed by atoms with Gasteiger partial charge in [-0.05, 0) is 0 Å². The first-order chi connectivity index (χ1) is 9.11. The predicted octanol–water partition coefficient (Wildman–Crippen LogP) is -0.964. The van der Waals surface area contributed by atoms with Crippen LogP contribution in [0.15, 0.2) is 58.7 Å². The van der Waals surface area contributed by atoms with Crippen molar-refractivity contribution in [3.05, 3.63) is 69.8 Å². The van der Waals surface area contributed by atoms with E-state index in [1.165, 1.54) is 42.9 Å². The zero-order valence-corrected chi connectivity index (χ0v) is 15.5. The van der Waals surface area contributed by atoms with Crippen molar-refractivity contribution in [3.8, 4) is 0 Å². The maximum absolute atomic E-state index is 2.27. The Bertz CT molecular complexity index is 687. The fourth-order valence-electron chi connectivity index (χ4n) is 3.05. The maximum Gasteiger partial charge on any atom is -1.00 e. The van der Waals surface area contributed by atoms with E-state index in [-0.39, 0.29) is 24.8 Å². The summed E-state index contributed by atoms with van der Waals surface area (Å²) in [5.41, 5.74) is 10.1. The summed E-state index contributed by atoms with van der Waals surface area (Å²) in [6, 6.07) is 8.79. The second-order valence-corrected chi connectivity index (χ2v) is 6.22. The van der Waals surface area contributed by atoms with Crippen molar-refractivity contribution in [1.29, 1.82) is 0 Å². The Morgan fingerprint density at radius 1 is 1.05 bits per heavy atom. The van der Waals surface area contributed by atoms with Crippen LogP contribution in [0.25, 0.3) is 9.45 Å². The summed E-state index contributed by atoms with van der Waals surface area (Å²) >= 11 is 2.27. The number of benzene rings is 1. The Kier molecular flexibility index (Phi) is 6.31. The molecular weight excluding hydrogens is 335 g/mol. The predicted molar refractivity (Wildman–Crippen MR) is 78.1 cm³/mol. The average molecular weight is 352 g/mol. The van der Waals surface area contributed by atoms with Gasteiger partial charge in [0.2, 0.25) is 0 Å². The van der Waals surface area contributed by atoms with Crippen molar-refractivity contribution < 1.29 is 45.2 Å². The normalized spacial score (nSPS) is 16.0. The summed E-state index contributed by atoms with van der Waals surface area (Å²) in [6.45, 7) is 6.68. The first kappa shape index (κ1) is 18.5. The minimum absolute atomic E-state index is 0.